The van der Waals surface area contributed by atoms with E-state index in [1.54, 1.807) is 0 Å². The van der Waals surface area contributed by atoms with Crippen LogP contribution in [0.4, 0.5) is 0 Å². The number of halogens is 1. The number of methoxy groups -OCH3 is 1. The molecular formula is C7H9ClO5. The molecule has 0 atom stereocenters. The van der Waals surface area contributed by atoms with Crippen LogP contribution in [0.2, 0.25) is 0 Å². The van der Waals surface area contributed by atoms with Crippen LogP contribution in [0.25, 0.3) is 0 Å². The van der Waals surface area contributed by atoms with E-state index in [4.69, 9.17) is 11.6 Å². The van der Waals surface area contributed by atoms with Gasteiger partial charge in [0.05, 0.1) is 7.11 Å². The van der Waals surface area contributed by atoms with Gasteiger partial charge in [0, 0.05) is 0 Å². The minimum atomic E-state index is -1.50. The van der Waals surface area contributed by atoms with E-state index in [2.05, 4.69) is 9.47 Å². The van der Waals surface area contributed by atoms with Crippen molar-refractivity contribution in [2.45, 2.75) is 19.4 Å². The van der Waals surface area contributed by atoms with Gasteiger partial charge in [-0.1, -0.05) is 0 Å². The van der Waals surface area contributed by atoms with Crippen molar-refractivity contribution in [3.63, 3.8) is 0 Å². The first kappa shape index (κ1) is 11.9. The Morgan fingerprint density at radius 1 is 1.23 bits per heavy atom. The Balaban J connectivity index is 4.42. The Bertz CT molecular complexity index is 245. The lowest BCUT2D eigenvalue weighted by atomic mass is 10.1. The molecule has 0 aromatic rings. The quantitative estimate of drug-likeness (QED) is 0.378. The van der Waals surface area contributed by atoms with Gasteiger partial charge in [-0.15, -0.1) is 0 Å². The fourth-order valence-electron chi connectivity index (χ4n) is 0.559. The number of carbonyl (C=O) groups is 3. The Kier molecular flexibility index (Phi) is 3.87. The number of hydrogen-bond donors (Lipinski definition) is 0. The highest BCUT2D eigenvalue weighted by molar-refractivity contribution is 6.80. The molecule has 0 N–H and O–H groups in total. The SMILES string of the molecule is COC(=O)C(C)(C)OC(=O)C(=O)Cl. The Morgan fingerprint density at radius 2 is 1.69 bits per heavy atom. The molecule has 0 saturated heterocycles. The van der Waals surface area contributed by atoms with Gasteiger partial charge in [-0.3, -0.25) is 4.79 Å². The van der Waals surface area contributed by atoms with E-state index in [1.807, 2.05) is 0 Å². The maximum absolute atomic E-state index is 10.9. The van der Waals surface area contributed by atoms with Gasteiger partial charge in [-0.2, -0.15) is 0 Å². The molecule has 0 aliphatic carbocycles. The second-order valence-electron chi connectivity index (χ2n) is 2.67. The topological polar surface area (TPSA) is 69.7 Å². The first-order chi connectivity index (χ1) is 5.81. The van der Waals surface area contributed by atoms with Crippen molar-refractivity contribution in [2.75, 3.05) is 7.11 Å². The third-order valence-corrected chi connectivity index (χ3v) is 1.34. The number of esters is 2. The van der Waals surface area contributed by atoms with Crippen LogP contribution < -0.4 is 0 Å². The van der Waals surface area contributed by atoms with E-state index in [-0.39, 0.29) is 0 Å². The summed E-state index contributed by atoms with van der Waals surface area (Å²) < 4.78 is 8.78. The molecule has 74 valence electrons. The Morgan fingerprint density at radius 3 is 2.00 bits per heavy atom. The molecule has 0 radical (unpaired) electrons. The van der Waals surface area contributed by atoms with Crippen molar-refractivity contribution < 1.29 is 23.9 Å². The molecular weight excluding hydrogens is 200 g/mol. The van der Waals surface area contributed by atoms with Crippen molar-refractivity contribution in [3.05, 3.63) is 0 Å². The van der Waals surface area contributed by atoms with Crippen molar-refractivity contribution in [1.82, 2.24) is 0 Å². The summed E-state index contributed by atoms with van der Waals surface area (Å²) in [5.74, 6) is -2.05. The standard InChI is InChI=1S/C7H9ClO5/c1-7(2,6(11)12-3)13-5(10)4(8)9/h1-3H3. The van der Waals surface area contributed by atoms with Gasteiger partial charge in [0.1, 0.15) is 0 Å². The highest BCUT2D eigenvalue weighted by Gasteiger charge is 2.34. The highest BCUT2D eigenvalue weighted by atomic mass is 35.5. The van der Waals surface area contributed by atoms with Crippen LogP contribution in [-0.2, 0) is 23.9 Å². The van der Waals surface area contributed by atoms with E-state index in [9.17, 15) is 14.4 Å². The predicted molar refractivity (Wildman–Crippen MR) is 43.0 cm³/mol. The minimum Gasteiger partial charge on any atom is -0.466 e. The molecule has 0 bridgehead atoms. The van der Waals surface area contributed by atoms with Gasteiger partial charge >= 0.3 is 17.2 Å². The fraction of sp³-hybridized carbons (Fsp3) is 0.571. The number of ether oxygens (including phenoxy) is 2. The normalized spacial score (nSPS) is 10.5. The summed E-state index contributed by atoms with van der Waals surface area (Å²) in [5.41, 5.74) is -1.50. The molecule has 0 aromatic heterocycles. The summed E-state index contributed by atoms with van der Waals surface area (Å²) >= 11 is 4.82. The minimum absolute atomic E-state index is 0.765. The molecule has 0 unspecified atom stereocenters. The van der Waals surface area contributed by atoms with E-state index in [0.29, 0.717) is 0 Å². The van der Waals surface area contributed by atoms with Crippen LogP contribution in [-0.4, -0.2) is 29.9 Å². The van der Waals surface area contributed by atoms with Gasteiger partial charge < -0.3 is 9.47 Å². The van der Waals surface area contributed by atoms with E-state index in [0.717, 1.165) is 7.11 Å². The number of rotatable bonds is 3. The lowest BCUT2D eigenvalue weighted by Gasteiger charge is -2.20. The molecule has 6 heteroatoms. The highest BCUT2D eigenvalue weighted by Crippen LogP contribution is 2.11. The summed E-state index contributed by atoms with van der Waals surface area (Å²) in [6, 6.07) is 0. The lowest BCUT2D eigenvalue weighted by Crippen LogP contribution is -2.39. The van der Waals surface area contributed by atoms with Crippen LogP contribution in [0, 0.1) is 0 Å². The first-order valence-electron chi connectivity index (χ1n) is 3.32. The first-order valence-corrected chi connectivity index (χ1v) is 3.70. The van der Waals surface area contributed by atoms with Crippen LogP contribution in [0.5, 0.6) is 0 Å². The van der Waals surface area contributed by atoms with Gasteiger partial charge in [0.25, 0.3) is 0 Å². The van der Waals surface area contributed by atoms with Gasteiger partial charge in [0.2, 0.25) is 5.60 Å². The molecule has 13 heavy (non-hydrogen) atoms. The molecule has 0 fully saturated rings. The number of carbonyl (C=O) groups excluding carboxylic acids is 3. The summed E-state index contributed by atoms with van der Waals surface area (Å²) in [5, 5.41) is -1.28. The van der Waals surface area contributed by atoms with Crippen LogP contribution in [0.3, 0.4) is 0 Å². The van der Waals surface area contributed by atoms with Crippen molar-refractivity contribution in [1.29, 1.82) is 0 Å². The van der Waals surface area contributed by atoms with E-state index < -0.39 is 22.8 Å². The summed E-state index contributed by atoms with van der Waals surface area (Å²) in [6.45, 7) is 2.58. The summed E-state index contributed by atoms with van der Waals surface area (Å²) in [6.07, 6.45) is 0. The largest absolute Gasteiger partial charge is 0.466 e. The third kappa shape index (κ3) is 3.42. The number of hydrogen-bond acceptors (Lipinski definition) is 5. The Labute approximate surface area is 79.9 Å². The smallest absolute Gasteiger partial charge is 0.392 e. The van der Waals surface area contributed by atoms with Gasteiger partial charge in [-0.05, 0) is 25.4 Å². The van der Waals surface area contributed by atoms with Crippen molar-refractivity contribution in [2.24, 2.45) is 0 Å². The molecule has 0 spiro atoms. The second kappa shape index (κ2) is 4.23. The lowest BCUT2D eigenvalue weighted by molar-refractivity contribution is -0.176. The van der Waals surface area contributed by atoms with Crippen LogP contribution >= 0.6 is 11.6 Å². The molecule has 0 rings (SSSR count). The third-order valence-electron chi connectivity index (χ3n) is 1.19. The van der Waals surface area contributed by atoms with Crippen LogP contribution in [0.15, 0.2) is 0 Å². The predicted octanol–water partition coefficient (Wildman–Crippen LogP) is 0.247. The molecule has 5 nitrogen and oxygen atoms in total. The monoisotopic (exact) mass is 208 g/mol. The zero-order valence-electron chi connectivity index (χ0n) is 7.42. The summed E-state index contributed by atoms with van der Waals surface area (Å²) in [7, 11) is 1.14. The zero-order valence-corrected chi connectivity index (χ0v) is 8.18. The molecule has 0 aromatic carbocycles. The average Bonchev–Trinajstić information content (AvgIpc) is 2.01. The molecule has 0 aliphatic heterocycles. The van der Waals surface area contributed by atoms with Crippen molar-refractivity contribution in [3.8, 4) is 0 Å². The molecule has 0 aliphatic rings. The van der Waals surface area contributed by atoms with Gasteiger partial charge in [0.15, 0.2) is 0 Å². The van der Waals surface area contributed by atoms with Crippen LogP contribution in [0.1, 0.15) is 13.8 Å². The average molecular weight is 209 g/mol. The van der Waals surface area contributed by atoms with E-state index in [1.165, 1.54) is 13.8 Å². The molecule has 0 amide bonds. The van der Waals surface area contributed by atoms with E-state index >= 15 is 0 Å². The zero-order chi connectivity index (χ0) is 10.6. The maximum atomic E-state index is 10.9. The second-order valence-corrected chi connectivity index (χ2v) is 3.01. The Hall–Kier alpha value is -1.10. The molecule has 0 heterocycles. The van der Waals surface area contributed by atoms with Crippen molar-refractivity contribution >= 4 is 28.8 Å². The molecule has 0 saturated carbocycles. The maximum Gasteiger partial charge on any atom is 0.392 e. The summed E-state index contributed by atoms with van der Waals surface area (Å²) in [4.78, 5) is 31.9. The van der Waals surface area contributed by atoms with Gasteiger partial charge in [-0.25, -0.2) is 9.59 Å². The fourth-order valence-corrected chi connectivity index (χ4v) is 0.598.